The Morgan fingerprint density at radius 2 is 2.12 bits per heavy atom. The fourth-order valence-electron chi connectivity index (χ4n) is 2.24. The van der Waals surface area contributed by atoms with Crippen LogP contribution < -0.4 is 10.2 Å². The Bertz CT molecular complexity index is 1030. The molecule has 0 unspecified atom stereocenters. The minimum atomic E-state index is -0.464. The molecule has 0 radical (unpaired) electrons. The number of ether oxygens (including phenoxy) is 1. The molecular formula is C17H12BrN3O4S. The first-order chi connectivity index (χ1) is 12.5. The SMILES string of the molecule is COc1ccc(C=NNC(=O)c2cc3cc([N+](=O)[O-])ccc3s2)cc1Br. The number of hydrogen-bond donors (Lipinski definition) is 1. The van der Waals surface area contributed by atoms with E-state index in [1.807, 2.05) is 6.07 Å². The first-order valence-electron chi connectivity index (χ1n) is 7.33. The van der Waals surface area contributed by atoms with Gasteiger partial charge in [-0.2, -0.15) is 5.10 Å². The van der Waals surface area contributed by atoms with Crippen molar-refractivity contribution in [2.45, 2.75) is 0 Å². The van der Waals surface area contributed by atoms with Crippen LogP contribution in [-0.4, -0.2) is 24.2 Å². The van der Waals surface area contributed by atoms with Crippen molar-refractivity contribution in [2.24, 2.45) is 5.10 Å². The molecule has 2 aromatic carbocycles. The predicted molar refractivity (Wildman–Crippen MR) is 104 cm³/mol. The maximum Gasteiger partial charge on any atom is 0.281 e. The average molecular weight is 434 g/mol. The van der Waals surface area contributed by atoms with Gasteiger partial charge in [-0.3, -0.25) is 14.9 Å². The van der Waals surface area contributed by atoms with Crippen LogP contribution in [0.3, 0.4) is 0 Å². The van der Waals surface area contributed by atoms with Crippen molar-refractivity contribution in [1.29, 1.82) is 0 Å². The van der Waals surface area contributed by atoms with E-state index in [1.54, 1.807) is 31.4 Å². The molecule has 132 valence electrons. The number of halogens is 1. The van der Waals surface area contributed by atoms with Crippen molar-refractivity contribution >= 4 is 55.2 Å². The molecule has 1 amide bonds. The molecule has 0 aliphatic heterocycles. The summed E-state index contributed by atoms with van der Waals surface area (Å²) < 4.78 is 6.72. The van der Waals surface area contributed by atoms with Crippen LogP contribution in [-0.2, 0) is 0 Å². The number of nitrogens with zero attached hydrogens (tertiary/aromatic N) is 2. The zero-order chi connectivity index (χ0) is 18.7. The first-order valence-corrected chi connectivity index (χ1v) is 8.94. The molecule has 0 bridgehead atoms. The van der Waals surface area contributed by atoms with E-state index in [9.17, 15) is 14.9 Å². The third kappa shape index (κ3) is 3.89. The van der Waals surface area contributed by atoms with E-state index in [0.717, 1.165) is 14.7 Å². The quantitative estimate of drug-likeness (QED) is 0.367. The molecule has 1 N–H and O–H groups in total. The topological polar surface area (TPSA) is 93.8 Å². The minimum Gasteiger partial charge on any atom is -0.496 e. The second-order valence-corrected chi connectivity index (χ2v) is 7.12. The summed E-state index contributed by atoms with van der Waals surface area (Å²) in [6, 6.07) is 11.5. The Kier molecular flexibility index (Phi) is 5.29. The maximum atomic E-state index is 12.2. The van der Waals surface area contributed by atoms with Gasteiger partial charge in [0, 0.05) is 22.2 Å². The smallest absolute Gasteiger partial charge is 0.281 e. The molecular weight excluding hydrogens is 422 g/mol. The number of benzene rings is 2. The lowest BCUT2D eigenvalue weighted by Gasteiger charge is -2.03. The van der Waals surface area contributed by atoms with Crippen molar-refractivity contribution in [3.8, 4) is 5.75 Å². The van der Waals surface area contributed by atoms with E-state index in [1.165, 1.54) is 29.7 Å². The van der Waals surface area contributed by atoms with Crippen molar-refractivity contribution < 1.29 is 14.5 Å². The van der Waals surface area contributed by atoms with E-state index in [0.29, 0.717) is 16.0 Å². The number of amides is 1. The van der Waals surface area contributed by atoms with Gasteiger partial charge in [0.2, 0.25) is 0 Å². The summed E-state index contributed by atoms with van der Waals surface area (Å²) in [5.74, 6) is 0.322. The normalized spacial score (nSPS) is 11.0. The predicted octanol–water partition coefficient (Wildman–Crippen LogP) is 4.34. The molecule has 0 aliphatic rings. The van der Waals surface area contributed by atoms with Gasteiger partial charge in [0.05, 0.1) is 27.6 Å². The Hall–Kier alpha value is -2.78. The third-order valence-corrected chi connectivity index (χ3v) is 5.22. The summed E-state index contributed by atoms with van der Waals surface area (Å²) in [5, 5.41) is 15.4. The van der Waals surface area contributed by atoms with Crippen molar-refractivity contribution in [1.82, 2.24) is 5.43 Å². The summed E-state index contributed by atoms with van der Waals surface area (Å²) in [5.41, 5.74) is 3.23. The number of nitro groups is 1. The molecule has 0 atom stereocenters. The highest BCUT2D eigenvalue weighted by molar-refractivity contribution is 9.10. The number of methoxy groups -OCH3 is 1. The lowest BCUT2D eigenvalue weighted by Crippen LogP contribution is -2.16. The van der Waals surface area contributed by atoms with Gasteiger partial charge in [-0.15, -0.1) is 11.3 Å². The van der Waals surface area contributed by atoms with Gasteiger partial charge in [-0.05, 0) is 51.8 Å². The number of fused-ring (bicyclic) bond motifs is 1. The monoisotopic (exact) mass is 433 g/mol. The highest BCUT2D eigenvalue weighted by atomic mass is 79.9. The van der Waals surface area contributed by atoms with Crippen LogP contribution in [0.2, 0.25) is 0 Å². The van der Waals surface area contributed by atoms with Crippen LogP contribution in [0.25, 0.3) is 10.1 Å². The largest absolute Gasteiger partial charge is 0.496 e. The van der Waals surface area contributed by atoms with Crippen LogP contribution in [0.4, 0.5) is 5.69 Å². The Morgan fingerprint density at radius 1 is 1.31 bits per heavy atom. The molecule has 7 nitrogen and oxygen atoms in total. The second-order valence-electron chi connectivity index (χ2n) is 5.18. The minimum absolute atomic E-state index is 0.00892. The number of nitrogens with one attached hydrogen (secondary N) is 1. The van der Waals surface area contributed by atoms with Crippen molar-refractivity contribution in [3.63, 3.8) is 0 Å². The van der Waals surface area contributed by atoms with Gasteiger partial charge in [-0.1, -0.05) is 0 Å². The van der Waals surface area contributed by atoms with E-state index < -0.39 is 4.92 Å². The summed E-state index contributed by atoms with van der Waals surface area (Å²) in [4.78, 5) is 23.0. The van der Waals surface area contributed by atoms with Gasteiger partial charge in [0.1, 0.15) is 5.75 Å². The van der Waals surface area contributed by atoms with E-state index in [-0.39, 0.29) is 11.6 Å². The molecule has 0 saturated heterocycles. The molecule has 0 fully saturated rings. The molecule has 9 heteroatoms. The van der Waals surface area contributed by atoms with Gasteiger partial charge in [0.25, 0.3) is 11.6 Å². The van der Waals surface area contributed by atoms with Crippen LogP contribution in [0.1, 0.15) is 15.2 Å². The van der Waals surface area contributed by atoms with Crippen LogP contribution in [0.15, 0.2) is 52.0 Å². The lowest BCUT2D eigenvalue weighted by atomic mass is 10.2. The fourth-order valence-corrected chi connectivity index (χ4v) is 3.73. The lowest BCUT2D eigenvalue weighted by molar-refractivity contribution is -0.384. The van der Waals surface area contributed by atoms with Gasteiger partial charge < -0.3 is 4.74 Å². The van der Waals surface area contributed by atoms with Gasteiger partial charge in [-0.25, -0.2) is 5.43 Å². The summed E-state index contributed by atoms with van der Waals surface area (Å²) in [6.07, 6.45) is 1.51. The number of hydrogen-bond acceptors (Lipinski definition) is 6. The molecule has 0 aliphatic carbocycles. The number of carbonyl (C=O) groups excluding carboxylic acids is 1. The Morgan fingerprint density at radius 3 is 2.81 bits per heavy atom. The summed E-state index contributed by atoms with van der Waals surface area (Å²) >= 11 is 4.63. The first kappa shape index (κ1) is 18.0. The number of thiophene rings is 1. The number of rotatable bonds is 5. The van der Waals surface area contributed by atoms with Crippen LogP contribution >= 0.6 is 27.3 Å². The molecule has 1 aromatic heterocycles. The van der Waals surface area contributed by atoms with Crippen molar-refractivity contribution in [2.75, 3.05) is 7.11 Å². The molecule has 0 saturated carbocycles. The molecule has 0 spiro atoms. The molecule has 1 heterocycles. The molecule has 3 aromatic rings. The summed E-state index contributed by atoms with van der Waals surface area (Å²) in [7, 11) is 1.58. The highest BCUT2D eigenvalue weighted by Gasteiger charge is 2.12. The number of hydrazone groups is 1. The average Bonchev–Trinajstić information content (AvgIpc) is 3.05. The van der Waals surface area contributed by atoms with Gasteiger partial charge >= 0.3 is 0 Å². The number of non-ortho nitro benzene ring substituents is 1. The second kappa shape index (κ2) is 7.63. The highest BCUT2D eigenvalue weighted by Crippen LogP contribution is 2.29. The third-order valence-electron chi connectivity index (χ3n) is 3.49. The zero-order valence-electron chi connectivity index (χ0n) is 13.4. The maximum absolute atomic E-state index is 12.2. The standard InChI is InChI=1S/C17H12BrN3O4S/c1-25-14-4-2-10(6-13(14)18)9-19-20-17(22)16-8-11-7-12(21(23)24)3-5-15(11)26-16/h2-9H,1H3,(H,20,22). The molecule has 3 rings (SSSR count). The fraction of sp³-hybridized carbons (Fsp3) is 0.0588. The van der Waals surface area contributed by atoms with E-state index >= 15 is 0 Å². The number of nitro benzene ring substituents is 1. The van der Waals surface area contributed by atoms with Gasteiger partial charge in [0.15, 0.2) is 0 Å². The van der Waals surface area contributed by atoms with Crippen molar-refractivity contribution in [3.05, 3.63) is 67.5 Å². The zero-order valence-corrected chi connectivity index (χ0v) is 15.8. The Balaban J connectivity index is 1.72. The van der Waals surface area contributed by atoms with Crippen LogP contribution in [0, 0.1) is 10.1 Å². The van der Waals surface area contributed by atoms with E-state index in [4.69, 9.17) is 4.74 Å². The van der Waals surface area contributed by atoms with Crippen LogP contribution in [0.5, 0.6) is 5.75 Å². The molecule has 26 heavy (non-hydrogen) atoms. The number of carbonyl (C=O) groups is 1. The Labute approximate surface area is 160 Å². The van der Waals surface area contributed by atoms with E-state index in [2.05, 4.69) is 26.5 Å². The summed E-state index contributed by atoms with van der Waals surface area (Å²) in [6.45, 7) is 0.